The number of hydrogen-bond acceptors (Lipinski definition) is 4. The first kappa shape index (κ1) is 12.1. The van der Waals surface area contributed by atoms with Crippen molar-refractivity contribution < 1.29 is 0 Å². The fourth-order valence-corrected chi connectivity index (χ4v) is 2.82. The maximum absolute atomic E-state index is 5.84. The van der Waals surface area contributed by atoms with E-state index < -0.39 is 0 Å². The molecular formula is C15H18N4. The summed E-state index contributed by atoms with van der Waals surface area (Å²) in [6.07, 6.45) is 9.86. The molecule has 3 heterocycles. The normalized spacial score (nSPS) is 18.8. The molecule has 1 fully saturated rings. The highest BCUT2D eigenvalue weighted by molar-refractivity contribution is 5.54. The van der Waals surface area contributed by atoms with E-state index in [2.05, 4.69) is 20.9 Å². The summed E-state index contributed by atoms with van der Waals surface area (Å²) < 4.78 is 0. The number of pyridine rings is 2. The highest BCUT2D eigenvalue weighted by atomic mass is 15.2. The summed E-state index contributed by atoms with van der Waals surface area (Å²) in [5.74, 6) is 0. The molecule has 0 radical (unpaired) electrons. The smallest absolute Gasteiger partial charge is 0.0603 e. The van der Waals surface area contributed by atoms with Crippen molar-refractivity contribution >= 4 is 5.69 Å². The van der Waals surface area contributed by atoms with E-state index in [1.807, 2.05) is 30.7 Å². The topological polar surface area (TPSA) is 55.0 Å². The molecule has 0 spiro atoms. The van der Waals surface area contributed by atoms with Gasteiger partial charge in [-0.1, -0.05) is 6.07 Å². The lowest BCUT2D eigenvalue weighted by Crippen LogP contribution is -2.24. The van der Waals surface area contributed by atoms with Crippen LogP contribution in [0.15, 0.2) is 43.0 Å². The van der Waals surface area contributed by atoms with Crippen molar-refractivity contribution in [3.8, 4) is 0 Å². The minimum atomic E-state index is 0.392. The first-order valence-electron chi connectivity index (χ1n) is 6.69. The highest BCUT2D eigenvalue weighted by Gasteiger charge is 2.27. The predicted molar refractivity (Wildman–Crippen MR) is 75.7 cm³/mol. The van der Waals surface area contributed by atoms with Crippen LogP contribution in [0.4, 0.5) is 5.69 Å². The second-order valence-electron chi connectivity index (χ2n) is 4.85. The summed E-state index contributed by atoms with van der Waals surface area (Å²) in [4.78, 5) is 10.9. The van der Waals surface area contributed by atoms with Crippen molar-refractivity contribution in [3.05, 3.63) is 54.1 Å². The molecule has 1 saturated heterocycles. The first-order chi connectivity index (χ1) is 9.40. The monoisotopic (exact) mass is 254 g/mol. The number of hydrogen-bond donors (Lipinski definition) is 1. The SMILES string of the molecule is NCc1ccncc1N1CCCC1c1cccnc1. The molecular weight excluding hydrogens is 236 g/mol. The van der Waals surface area contributed by atoms with Gasteiger partial charge in [-0.2, -0.15) is 0 Å². The lowest BCUT2D eigenvalue weighted by molar-refractivity contribution is 0.711. The van der Waals surface area contributed by atoms with Crippen molar-refractivity contribution in [2.75, 3.05) is 11.4 Å². The molecule has 1 atom stereocenters. The Bertz CT molecular complexity index is 541. The Hall–Kier alpha value is -1.94. The van der Waals surface area contributed by atoms with Gasteiger partial charge in [0, 0.05) is 31.7 Å². The van der Waals surface area contributed by atoms with Crippen molar-refractivity contribution in [2.45, 2.75) is 25.4 Å². The second-order valence-corrected chi connectivity index (χ2v) is 4.85. The lowest BCUT2D eigenvalue weighted by atomic mass is 10.1. The predicted octanol–water partition coefficient (Wildman–Crippen LogP) is 2.28. The average Bonchev–Trinajstić information content (AvgIpc) is 2.97. The summed E-state index contributed by atoms with van der Waals surface area (Å²) in [6, 6.07) is 6.55. The number of rotatable bonds is 3. The fraction of sp³-hybridized carbons (Fsp3) is 0.333. The Balaban J connectivity index is 1.95. The molecule has 0 aliphatic carbocycles. The van der Waals surface area contributed by atoms with Gasteiger partial charge in [0.05, 0.1) is 17.9 Å². The molecule has 0 amide bonds. The van der Waals surface area contributed by atoms with Crippen LogP contribution in [0.5, 0.6) is 0 Å². The third-order valence-electron chi connectivity index (χ3n) is 3.74. The molecule has 3 rings (SSSR count). The quantitative estimate of drug-likeness (QED) is 0.913. The molecule has 4 nitrogen and oxygen atoms in total. The summed E-state index contributed by atoms with van der Waals surface area (Å²) in [6.45, 7) is 1.60. The molecule has 1 unspecified atom stereocenters. The van der Waals surface area contributed by atoms with Crippen LogP contribution in [0.2, 0.25) is 0 Å². The third-order valence-corrected chi connectivity index (χ3v) is 3.74. The fourth-order valence-electron chi connectivity index (χ4n) is 2.82. The minimum Gasteiger partial charge on any atom is -0.363 e. The van der Waals surface area contributed by atoms with Crippen molar-refractivity contribution in [1.29, 1.82) is 0 Å². The number of aromatic nitrogens is 2. The van der Waals surface area contributed by atoms with Crippen molar-refractivity contribution in [3.63, 3.8) is 0 Å². The zero-order valence-corrected chi connectivity index (χ0v) is 10.9. The molecule has 2 N–H and O–H groups in total. The Kier molecular flexibility index (Phi) is 3.42. The maximum Gasteiger partial charge on any atom is 0.0603 e. The van der Waals surface area contributed by atoms with E-state index in [1.54, 1.807) is 6.20 Å². The molecule has 98 valence electrons. The molecule has 0 saturated carbocycles. The van der Waals surface area contributed by atoms with E-state index in [1.165, 1.54) is 12.0 Å². The van der Waals surface area contributed by atoms with Gasteiger partial charge in [-0.25, -0.2) is 0 Å². The van der Waals surface area contributed by atoms with E-state index in [4.69, 9.17) is 5.73 Å². The van der Waals surface area contributed by atoms with Crippen molar-refractivity contribution in [1.82, 2.24) is 9.97 Å². The van der Waals surface area contributed by atoms with Gasteiger partial charge in [0.2, 0.25) is 0 Å². The maximum atomic E-state index is 5.84. The van der Waals surface area contributed by atoms with E-state index in [0.717, 1.165) is 24.2 Å². The van der Waals surface area contributed by atoms with E-state index >= 15 is 0 Å². The Labute approximate surface area is 113 Å². The third kappa shape index (κ3) is 2.31. The van der Waals surface area contributed by atoms with E-state index in [-0.39, 0.29) is 0 Å². The van der Waals surface area contributed by atoms with Gasteiger partial charge in [-0.05, 0) is 36.1 Å². The number of nitrogens with two attached hydrogens (primary N) is 1. The Morgan fingerprint density at radius 2 is 2.11 bits per heavy atom. The van der Waals surface area contributed by atoms with Gasteiger partial charge in [0.25, 0.3) is 0 Å². The van der Waals surface area contributed by atoms with Gasteiger partial charge in [-0.3, -0.25) is 9.97 Å². The van der Waals surface area contributed by atoms with Gasteiger partial charge in [-0.15, -0.1) is 0 Å². The van der Waals surface area contributed by atoms with Crippen LogP contribution >= 0.6 is 0 Å². The number of nitrogens with zero attached hydrogens (tertiary/aromatic N) is 3. The molecule has 0 bridgehead atoms. The minimum absolute atomic E-state index is 0.392. The lowest BCUT2D eigenvalue weighted by Gasteiger charge is -2.28. The van der Waals surface area contributed by atoms with Crippen molar-refractivity contribution in [2.24, 2.45) is 5.73 Å². The summed E-state index contributed by atoms with van der Waals surface area (Å²) >= 11 is 0. The second kappa shape index (κ2) is 5.36. The van der Waals surface area contributed by atoms with Crippen LogP contribution < -0.4 is 10.6 Å². The summed E-state index contributed by atoms with van der Waals surface area (Å²) in [5, 5.41) is 0. The Morgan fingerprint density at radius 3 is 2.89 bits per heavy atom. The van der Waals surface area contributed by atoms with Crippen LogP contribution in [0.25, 0.3) is 0 Å². The van der Waals surface area contributed by atoms with Gasteiger partial charge < -0.3 is 10.6 Å². The van der Waals surface area contributed by atoms with E-state index in [0.29, 0.717) is 12.6 Å². The molecule has 1 aliphatic rings. The van der Waals surface area contributed by atoms with Gasteiger partial charge in [0.15, 0.2) is 0 Å². The van der Waals surface area contributed by atoms with Gasteiger partial charge in [0.1, 0.15) is 0 Å². The van der Waals surface area contributed by atoms with Crippen LogP contribution in [0.3, 0.4) is 0 Å². The van der Waals surface area contributed by atoms with Gasteiger partial charge >= 0.3 is 0 Å². The number of anilines is 1. The molecule has 2 aromatic rings. The van der Waals surface area contributed by atoms with Crippen LogP contribution in [0.1, 0.15) is 30.0 Å². The standard InChI is InChI=1S/C15H18N4/c16-9-12-5-7-18-11-15(12)19-8-2-4-14(19)13-3-1-6-17-10-13/h1,3,5-7,10-11,14H,2,4,8-9,16H2. The molecule has 1 aliphatic heterocycles. The highest BCUT2D eigenvalue weighted by Crippen LogP contribution is 2.36. The summed E-state index contributed by atoms with van der Waals surface area (Å²) in [7, 11) is 0. The molecule has 2 aromatic heterocycles. The first-order valence-corrected chi connectivity index (χ1v) is 6.69. The summed E-state index contributed by atoms with van der Waals surface area (Å²) in [5.41, 5.74) is 9.43. The van der Waals surface area contributed by atoms with Crippen LogP contribution in [-0.2, 0) is 6.54 Å². The van der Waals surface area contributed by atoms with E-state index in [9.17, 15) is 0 Å². The molecule has 19 heavy (non-hydrogen) atoms. The van der Waals surface area contributed by atoms with Crippen LogP contribution in [0, 0.1) is 0 Å². The molecule has 0 aromatic carbocycles. The zero-order chi connectivity index (χ0) is 13.1. The molecule has 4 heteroatoms. The Morgan fingerprint density at radius 1 is 1.21 bits per heavy atom. The van der Waals surface area contributed by atoms with Crippen LogP contribution in [-0.4, -0.2) is 16.5 Å². The average molecular weight is 254 g/mol. The largest absolute Gasteiger partial charge is 0.363 e. The zero-order valence-electron chi connectivity index (χ0n) is 10.9.